The Bertz CT molecular complexity index is 2100. The number of aromatic amines is 1. The average molecular weight is 636 g/mol. The number of rotatable bonds is 7. The minimum Gasteiger partial charge on any atom is -0.382 e. The van der Waals surface area contributed by atoms with Gasteiger partial charge in [-0.2, -0.15) is 5.10 Å². The van der Waals surface area contributed by atoms with Crippen molar-refractivity contribution in [2.75, 3.05) is 18.8 Å². The van der Waals surface area contributed by atoms with Gasteiger partial charge < -0.3 is 16.4 Å². The van der Waals surface area contributed by atoms with E-state index in [1.54, 1.807) is 38.1 Å². The van der Waals surface area contributed by atoms with E-state index in [0.717, 1.165) is 34.2 Å². The normalized spacial score (nSPS) is 14.0. The van der Waals surface area contributed by atoms with E-state index in [1.807, 2.05) is 36.9 Å². The Balaban J connectivity index is 1.44. The van der Waals surface area contributed by atoms with Crippen molar-refractivity contribution in [1.29, 1.82) is 0 Å². The topological polar surface area (TPSA) is 188 Å². The maximum atomic E-state index is 13.8. The predicted molar refractivity (Wildman–Crippen MR) is 179 cm³/mol. The molecule has 13 nitrogen and oxygen atoms in total. The van der Waals surface area contributed by atoms with Crippen LogP contribution in [0.4, 0.5) is 5.82 Å². The lowest BCUT2D eigenvalue weighted by Crippen LogP contribution is -2.44. The Morgan fingerprint density at radius 2 is 1.66 bits per heavy atom. The molecule has 0 aliphatic carbocycles. The van der Waals surface area contributed by atoms with Crippen LogP contribution in [0.1, 0.15) is 68.5 Å². The highest BCUT2D eigenvalue weighted by atomic mass is 16.2. The summed E-state index contributed by atoms with van der Waals surface area (Å²) < 4.78 is 2.26. The zero-order valence-corrected chi connectivity index (χ0v) is 26.7. The van der Waals surface area contributed by atoms with Crippen LogP contribution in [0, 0.1) is 5.92 Å². The second kappa shape index (κ2) is 12.3. The number of hydrogen-bond donors (Lipinski definition) is 3. The standard InChI is InChI=1S/C34H37N9O4/c1-18(2)32(45)41-15-12-21(13-16-41)24-17-23(26-29(35)39-40-31(26)38-24)20-8-10-22(11-9-20)28-27(30(36)44)33(46)43(25-7-5-6-14-37-25)34(47)42(28)19(3)4/h5-11,14,17-19,21H,12-13,15-16H2,1-4H3,(H2,36,44)(H3,35,38,39,40). The lowest BCUT2D eigenvalue weighted by molar-refractivity contribution is -0.135. The lowest BCUT2D eigenvalue weighted by atomic mass is 9.90. The molecule has 5 N–H and O–H groups in total. The number of fused-ring (bicyclic) bond motifs is 1. The molecule has 0 saturated carbocycles. The van der Waals surface area contributed by atoms with Gasteiger partial charge in [0.05, 0.1) is 11.1 Å². The van der Waals surface area contributed by atoms with Crippen molar-refractivity contribution >= 4 is 28.7 Å². The third-order valence-corrected chi connectivity index (χ3v) is 8.70. The summed E-state index contributed by atoms with van der Waals surface area (Å²) in [5.41, 5.74) is 13.9. The molecule has 242 valence electrons. The van der Waals surface area contributed by atoms with Crippen molar-refractivity contribution in [3.8, 4) is 28.2 Å². The van der Waals surface area contributed by atoms with Gasteiger partial charge in [0.15, 0.2) is 11.5 Å². The van der Waals surface area contributed by atoms with Gasteiger partial charge in [0, 0.05) is 42.9 Å². The summed E-state index contributed by atoms with van der Waals surface area (Å²) in [6, 6.07) is 13.6. The smallest absolute Gasteiger partial charge is 0.337 e. The average Bonchev–Trinajstić information content (AvgIpc) is 3.44. The minimum absolute atomic E-state index is 0.0457. The molecule has 13 heteroatoms. The van der Waals surface area contributed by atoms with E-state index in [9.17, 15) is 19.2 Å². The fraction of sp³-hybridized carbons (Fsp3) is 0.324. The quantitative estimate of drug-likeness (QED) is 0.242. The highest BCUT2D eigenvalue weighted by molar-refractivity contribution is 6.01. The first-order valence-electron chi connectivity index (χ1n) is 15.6. The summed E-state index contributed by atoms with van der Waals surface area (Å²) in [6.07, 6.45) is 3.03. The number of nitrogens with one attached hydrogen (secondary N) is 1. The molecule has 1 aliphatic rings. The zero-order valence-electron chi connectivity index (χ0n) is 26.7. The number of primary amides is 1. The molecule has 1 aliphatic heterocycles. The molecule has 5 aromatic rings. The van der Waals surface area contributed by atoms with Crippen molar-refractivity contribution in [2.45, 2.75) is 52.5 Å². The summed E-state index contributed by atoms with van der Waals surface area (Å²) in [5, 5.41) is 7.82. The van der Waals surface area contributed by atoms with Crippen LogP contribution in [0.2, 0.25) is 0 Å². The monoisotopic (exact) mass is 635 g/mol. The number of aromatic nitrogens is 6. The van der Waals surface area contributed by atoms with Crippen molar-refractivity contribution in [2.24, 2.45) is 11.7 Å². The Labute approximate surface area is 270 Å². The number of piperidine rings is 1. The predicted octanol–water partition coefficient (Wildman–Crippen LogP) is 3.62. The van der Waals surface area contributed by atoms with Gasteiger partial charge in [-0.05, 0) is 61.6 Å². The third kappa shape index (κ3) is 5.58. The lowest BCUT2D eigenvalue weighted by Gasteiger charge is -2.33. The molecule has 0 radical (unpaired) electrons. The maximum absolute atomic E-state index is 13.8. The SMILES string of the molecule is CC(C)C(=O)N1CCC(c2cc(-c3ccc(-c4c(C(N)=O)c(=O)n(-c5ccccn5)c(=O)n4C(C)C)cc3)c3c(N)n[nH]c3n2)CC1. The number of H-pyrrole nitrogens is 1. The van der Waals surface area contributed by atoms with Gasteiger partial charge in [0.25, 0.3) is 11.5 Å². The molecule has 0 spiro atoms. The highest BCUT2D eigenvalue weighted by Gasteiger charge is 2.29. The Morgan fingerprint density at radius 1 is 0.979 bits per heavy atom. The third-order valence-electron chi connectivity index (χ3n) is 8.70. The van der Waals surface area contributed by atoms with Crippen LogP contribution in [0.3, 0.4) is 0 Å². The number of carbonyl (C=O) groups excluding carboxylic acids is 2. The maximum Gasteiger partial charge on any atom is 0.337 e. The molecule has 4 aromatic heterocycles. The minimum atomic E-state index is -0.957. The number of anilines is 1. The van der Waals surface area contributed by atoms with E-state index < -0.39 is 23.2 Å². The molecular formula is C34H37N9O4. The second-order valence-electron chi connectivity index (χ2n) is 12.4. The van der Waals surface area contributed by atoms with Crippen molar-refractivity contribution in [3.63, 3.8) is 0 Å². The molecule has 1 aromatic carbocycles. The molecule has 6 rings (SSSR count). The Kier molecular flexibility index (Phi) is 8.22. The number of benzene rings is 1. The van der Waals surface area contributed by atoms with Crippen LogP contribution in [0.15, 0.2) is 64.3 Å². The summed E-state index contributed by atoms with van der Waals surface area (Å²) in [5.74, 6) is -0.309. The van der Waals surface area contributed by atoms with E-state index in [-0.39, 0.29) is 34.8 Å². The molecule has 1 saturated heterocycles. The summed E-state index contributed by atoms with van der Waals surface area (Å²) in [7, 11) is 0. The number of nitrogens with zero attached hydrogens (tertiary/aromatic N) is 6. The molecule has 47 heavy (non-hydrogen) atoms. The molecule has 0 unspecified atom stereocenters. The van der Waals surface area contributed by atoms with Gasteiger partial charge in [-0.15, -0.1) is 0 Å². The van der Waals surface area contributed by atoms with E-state index in [1.165, 1.54) is 16.8 Å². The second-order valence-corrected chi connectivity index (χ2v) is 12.4. The Hall–Kier alpha value is -5.59. The van der Waals surface area contributed by atoms with Gasteiger partial charge >= 0.3 is 5.69 Å². The molecule has 0 atom stereocenters. The molecule has 5 heterocycles. The molecular weight excluding hydrogens is 598 g/mol. The van der Waals surface area contributed by atoms with Gasteiger partial charge in [-0.25, -0.2) is 19.3 Å². The number of nitrogen functional groups attached to an aromatic ring is 1. The van der Waals surface area contributed by atoms with Gasteiger partial charge in [0.2, 0.25) is 5.91 Å². The van der Waals surface area contributed by atoms with Crippen LogP contribution >= 0.6 is 0 Å². The van der Waals surface area contributed by atoms with Crippen molar-refractivity contribution in [1.82, 2.24) is 34.2 Å². The summed E-state index contributed by atoms with van der Waals surface area (Å²) in [6.45, 7) is 8.73. The van der Waals surface area contributed by atoms with Crippen LogP contribution in [0.25, 0.3) is 39.2 Å². The summed E-state index contributed by atoms with van der Waals surface area (Å²) >= 11 is 0. The van der Waals surface area contributed by atoms with Gasteiger partial charge in [-0.3, -0.25) is 24.0 Å². The first kappa shape index (κ1) is 31.4. The molecule has 1 fully saturated rings. The van der Waals surface area contributed by atoms with Crippen LogP contribution in [-0.4, -0.2) is 59.1 Å². The van der Waals surface area contributed by atoms with E-state index >= 15 is 0 Å². The number of carbonyl (C=O) groups is 2. The molecule has 2 amide bonds. The van der Waals surface area contributed by atoms with Crippen LogP contribution < -0.4 is 22.7 Å². The molecule has 0 bridgehead atoms. The Morgan fingerprint density at radius 3 is 2.26 bits per heavy atom. The number of pyridine rings is 2. The zero-order chi connectivity index (χ0) is 33.6. The summed E-state index contributed by atoms with van der Waals surface area (Å²) in [4.78, 5) is 63.8. The number of amides is 2. The first-order chi connectivity index (χ1) is 22.5. The van der Waals surface area contributed by atoms with Crippen molar-refractivity contribution < 1.29 is 9.59 Å². The van der Waals surface area contributed by atoms with E-state index in [2.05, 4.69) is 15.2 Å². The fourth-order valence-corrected chi connectivity index (χ4v) is 6.38. The number of nitrogens with two attached hydrogens (primary N) is 2. The van der Waals surface area contributed by atoms with Crippen LogP contribution in [-0.2, 0) is 4.79 Å². The van der Waals surface area contributed by atoms with E-state index in [4.69, 9.17) is 16.5 Å². The van der Waals surface area contributed by atoms with Crippen LogP contribution in [0.5, 0.6) is 0 Å². The fourth-order valence-electron chi connectivity index (χ4n) is 6.38. The van der Waals surface area contributed by atoms with Gasteiger partial charge in [0.1, 0.15) is 11.4 Å². The van der Waals surface area contributed by atoms with E-state index in [0.29, 0.717) is 35.5 Å². The van der Waals surface area contributed by atoms with Crippen molar-refractivity contribution in [3.05, 3.63) is 86.8 Å². The highest BCUT2D eigenvalue weighted by Crippen LogP contribution is 2.37. The number of hydrogen-bond acceptors (Lipinski definition) is 8. The number of likely N-dealkylation sites (tertiary alicyclic amines) is 1. The largest absolute Gasteiger partial charge is 0.382 e. The van der Waals surface area contributed by atoms with Gasteiger partial charge in [-0.1, -0.05) is 44.2 Å². The first-order valence-corrected chi connectivity index (χ1v) is 15.6.